The molecule has 4 nitrogen and oxygen atoms in total. The number of hydrogen-bond donors (Lipinski definition) is 1. The Morgan fingerprint density at radius 1 is 1.03 bits per heavy atom. The van der Waals surface area contributed by atoms with E-state index in [0.717, 1.165) is 32.0 Å². The van der Waals surface area contributed by atoms with Gasteiger partial charge in [0.25, 0.3) is 5.91 Å². The highest BCUT2D eigenvalue weighted by Gasteiger charge is 2.13. The van der Waals surface area contributed by atoms with E-state index in [1.54, 1.807) is 11.3 Å². The minimum atomic E-state index is -0.0662. The van der Waals surface area contributed by atoms with E-state index in [9.17, 15) is 4.79 Å². The van der Waals surface area contributed by atoms with Crippen molar-refractivity contribution in [2.24, 2.45) is 0 Å². The van der Waals surface area contributed by atoms with Gasteiger partial charge in [0.2, 0.25) is 0 Å². The molecule has 0 bridgehead atoms. The number of aromatic nitrogens is 2. The van der Waals surface area contributed by atoms with Crippen molar-refractivity contribution in [3.63, 3.8) is 0 Å². The molecular formula is C24H19N3OS. The summed E-state index contributed by atoms with van der Waals surface area (Å²) in [5.41, 5.74) is 6.09. The molecule has 5 rings (SSSR count). The van der Waals surface area contributed by atoms with Crippen molar-refractivity contribution >= 4 is 32.4 Å². The molecule has 0 aliphatic heterocycles. The SMILES string of the molecule is Cc1ccc(CNC(=O)c2ccc3c(c2)sc2nc(-c4ccccc4)cn23)cc1. The summed E-state index contributed by atoms with van der Waals surface area (Å²) in [6, 6.07) is 24.2. The van der Waals surface area contributed by atoms with Crippen molar-refractivity contribution in [3.05, 3.63) is 95.7 Å². The van der Waals surface area contributed by atoms with Crippen molar-refractivity contribution in [1.29, 1.82) is 0 Å². The molecule has 5 heteroatoms. The zero-order valence-corrected chi connectivity index (χ0v) is 16.7. The van der Waals surface area contributed by atoms with Crippen LogP contribution < -0.4 is 5.32 Å². The van der Waals surface area contributed by atoms with Gasteiger partial charge in [-0.05, 0) is 30.7 Å². The van der Waals surface area contributed by atoms with Crippen molar-refractivity contribution in [2.45, 2.75) is 13.5 Å². The Labute approximate surface area is 172 Å². The van der Waals surface area contributed by atoms with Crippen LogP contribution in [0.15, 0.2) is 79.0 Å². The molecule has 1 N–H and O–H groups in total. The first-order chi connectivity index (χ1) is 14.2. The average Bonchev–Trinajstić information content (AvgIpc) is 3.31. The highest BCUT2D eigenvalue weighted by atomic mass is 32.1. The lowest BCUT2D eigenvalue weighted by atomic mass is 10.1. The number of thiazole rings is 1. The van der Waals surface area contributed by atoms with Gasteiger partial charge in [0, 0.05) is 23.9 Å². The normalized spacial score (nSPS) is 11.2. The Hall–Kier alpha value is -3.44. The number of carbonyl (C=O) groups excluding carboxylic acids is 1. The van der Waals surface area contributed by atoms with Crippen molar-refractivity contribution in [3.8, 4) is 11.3 Å². The summed E-state index contributed by atoms with van der Waals surface area (Å²) < 4.78 is 3.14. The molecule has 3 aromatic carbocycles. The Balaban J connectivity index is 1.40. The summed E-state index contributed by atoms with van der Waals surface area (Å²) in [4.78, 5) is 18.3. The van der Waals surface area contributed by atoms with Crippen LogP contribution in [0.2, 0.25) is 0 Å². The fourth-order valence-corrected chi connectivity index (χ4v) is 4.43. The Kier molecular flexibility index (Phi) is 4.37. The first-order valence-corrected chi connectivity index (χ1v) is 10.3. The second kappa shape index (κ2) is 7.18. The van der Waals surface area contributed by atoms with Gasteiger partial charge in [0.05, 0.1) is 15.9 Å². The largest absolute Gasteiger partial charge is 0.348 e. The van der Waals surface area contributed by atoms with Gasteiger partial charge in [0.1, 0.15) is 0 Å². The maximum atomic E-state index is 12.6. The molecule has 5 aromatic rings. The highest BCUT2D eigenvalue weighted by molar-refractivity contribution is 7.23. The van der Waals surface area contributed by atoms with Gasteiger partial charge in [-0.15, -0.1) is 0 Å². The molecule has 0 saturated heterocycles. The maximum Gasteiger partial charge on any atom is 0.251 e. The van der Waals surface area contributed by atoms with E-state index < -0.39 is 0 Å². The van der Waals surface area contributed by atoms with Gasteiger partial charge < -0.3 is 5.32 Å². The van der Waals surface area contributed by atoms with Crippen LogP contribution in [0.3, 0.4) is 0 Å². The van der Waals surface area contributed by atoms with E-state index in [1.807, 2.05) is 48.5 Å². The second-order valence-corrected chi connectivity index (χ2v) is 8.11. The van der Waals surface area contributed by atoms with Crippen LogP contribution in [0.1, 0.15) is 21.5 Å². The van der Waals surface area contributed by atoms with Crippen LogP contribution in [-0.4, -0.2) is 15.3 Å². The van der Waals surface area contributed by atoms with E-state index in [1.165, 1.54) is 5.56 Å². The zero-order chi connectivity index (χ0) is 19.8. The summed E-state index contributed by atoms with van der Waals surface area (Å²) in [6.45, 7) is 2.57. The zero-order valence-electron chi connectivity index (χ0n) is 15.9. The van der Waals surface area contributed by atoms with E-state index in [-0.39, 0.29) is 5.91 Å². The highest BCUT2D eigenvalue weighted by Crippen LogP contribution is 2.30. The number of nitrogens with one attached hydrogen (secondary N) is 1. The number of carbonyl (C=O) groups is 1. The van der Waals surface area contributed by atoms with Gasteiger partial charge in [0.15, 0.2) is 4.96 Å². The molecule has 0 radical (unpaired) electrons. The fraction of sp³-hybridized carbons (Fsp3) is 0.0833. The van der Waals surface area contributed by atoms with Crippen molar-refractivity contribution < 1.29 is 4.79 Å². The number of nitrogens with zero attached hydrogens (tertiary/aromatic N) is 2. The number of hydrogen-bond acceptors (Lipinski definition) is 3. The van der Waals surface area contributed by atoms with Crippen LogP contribution in [0.4, 0.5) is 0 Å². The number of aryl methyl sites for hydroxylation is 1. The lowest BCUT2D eigenvalue weighted by Crippen LogP contribution is -2.22. The Morgan fingerprint density at radius 2 is 1.83 bits per heavy atom. The molecule has 0 saturated carbocycles. The number of fused-ring (bicyclic) bond motifs is 3. The third-order valence-electron chi connectivity index (χ3n) is 5.00. The molecular weight excluding hydrogens is 378 g/mol. The van der Waals surface area contributed by atoms with Crippen molar-refractivity contribution in [1.82, 2.24) is 14.7 Å². The van der Waals surface area contributed by atoms with E-state index >= 15 is 0 Å². The predicted molar refractivity (Wildman–Crippen MR) is 118 cm³/mol. The van der Waals surface area contributed by atoms with Crippen LogP contribution in [0, 0.1) is 6.92 Å². The molecule has 1 amide bonds. The standard InChI is InChI=1S/C24H19N3OS/c1-16-7-9-17(10-8-16)14-25-23(28)19-11-12-21-22(13-19)29-24-26-20(15-27(21)24)18-5-3-2-4-6-18/h2-13,15H,14H2,1H3,(H,25,28). The van der Waals surface area contributed by atoms with Crippen LogP contribution in [0.5, 0.6) is 0 Å². The monoisotopic (exact) mass is 397 g/mol. The minimum absolute atomic E-state index is 0.0662. The first-order valence-electron chi connectivity index (χ1n) is 9.48. The molecule has 142 valence electrons. The molecule has 2 aromatic heterocycles. The van der Waals surface area contributed by atoms with Gasteiger partial charge in [-0.2, -0.15) is 0 Å². The van der Waals surface area contributed by atoms with Gasteiger partial charge in [-0.25, -0.2) is 4.98 Å². The van der Waals surface area contributed by atoms with E-state index in [0.29, 0.717) is 12.1 Å². The summed E-state index contributed by atoms with van der Waals surface area (Å²) in [7, 11) is 0. The summed E-state index contributed by atoms with van der Waals surface area (Å²) in [6.07, 6.45) is 2.06. The molecule has 0 spiro atoms. The predicted octanol–water partition coefficient (Wildman–Crippen LogP) is 5.45. The van der Waals surface area contributed by atoms with Gasteiger partial charge in [-0.3, -0.25) is 9.20 Å². The summed E-state index contributed by atoms with van der Waals surface area (Å²) >= 11 is 1.60. The van der Waals surface area contributed by atoms with Crippen LogP contribution in [-0.2, 0) is 6.54 Å². The van der Waals surface area contributed by atoms with Gasteiger partial charge >= 0.3 is 0 Å². The second-order valence-electron chi connectivity index (χ2n) is 7.10. The molecule has 2 heterocycles. The maximum absolute atomic E-state index is 12.6. The Bertz CT molecular complexity index is 1320. The number of benzene rings is 3. The molecule has 0 aliphatic carbocycles. The van der Waals surface area contributed by atoms with Gasteiger partial charge in [-0.1, -0.05) is 71.5 Å². The molecule has 0 aliphatic rings. The number of rotatable bonds is 4. The lowest BCUT2D eigenvalue weighted by molar-refractivity contribution is 0.0951. The van der Waals surface area contributed by atoms with Crippen molar-refractivity contribution in [2.75, 3.05) is 0 Å². The number of amides is 1. The fourth-order valence-electron chi connectivity index (χ4n) is 3.38. The molecule has 0 unspecified atom stereocenters. The topological polar surface area (TPSA) is 46.4 Å². The smallest absolute Gasteiger partial charge is 0.251 e. The molecule has 29 heavy (non-hydrogen) atoms. The molecule has 0 fully saturated rings. The van der Waals surface area contributed by atoms with E-state index in [4.69, 9.17) is 4.98 Å². The number of imidazole rings is 1. The third-order valence-corrected chi connectivity index (χ3v) is 6.02. The van der Waals surface area contributed by atoms with Crippen LogP contribution in [0.25, 0.3) is 26.4 Å². The minimum Gasteiger partial charge on any atom is -0.348 e. The Morgan fingerprint density at radius 3 is 2.62 bits per heavy atom. The average molecular weight is 398 g/mol. The van der Waals surface area contributed by atoms with E-state index in [2.05, 4.69) is 47.1 Å². The first kappa shape index (κ1) is 17.6. The lowest BCUT2D eigenvalue weighted by Gasteiger charge is -2.06. The molecule has 0 atom stereocenters. The quantitative estimate of drug-likeness (QED) is 0.438. The summed E-state index contributed by atoms with van der Waals surface area (Å²) in [5.74, 6) is -0.0662. The third kappa shape index (κ3) is 3.41. The summed E-state index contributed by atoms with van der Waals surface area (Å²) in [5, 5.41) is 3.00. The van der Waals surface area contributed by atoms with Crippen LogP contribution >= 0.6 is 11.3 Å².